The summed E-state index contributed by atoms with van der Waals surface area (Å²) >= 11 is 0. The van der Waals surface area contributed by atoms with Crippen molar-refractivity contribution in [2.75, 3.05) is 13.6 Å². The topological polar surface area (TPSA) is 108 Å². The lowest BCUT2D eigenvalue weighted by atomic mass is 10.2. The van der Waals surface area contributed by atoms with Crippen molar-refractivity contribution in [2.24, 2.45) is 10.9 Å². The Labute approximate surface area is 82.7 Å². The molecule has 0 saturated carbocycles. The maximum atomic E-state index is 11.5. The second-order valence-electron chi connectivity index (χ2n) is 3.00. The van der Waals surface area contributed by atoms with Crippen LogP contribution in [0, 0.1) is 0 Å². The first-order valence-corrected chi connectivity index (χ1v) is 5.64. The number of oxime groups is 1. The molecule has 0 aromatic carbocycles. The summed E-state index contributed by atoms with van der Waals surface area (Å²) in [5.41, 5.74) is 5.39. The van der Waals surface area contributed by atoms with Crippen LogP contribution >= 0.6 is 0 Å². The predicted octanol–water partition coefficient (Wildman–Crippen LogP) is -1.34. The maximum absolute atomic E-state index is 11.5. The molecule has 1 aliphatic heterocycles. The Kier molecular flexibility index (Phi) is 3.29. The van der Waals surface area contributed by atoms with E-state index in [1.165, 1.54) is 11.4 Å². The largest absolute Gasteiger partial charge is 0.409 e. The molecule has 0 aromatic rings. The molecule has 82 valence electrons. The fourth-order valence-electron chi connectivity index (χ4n) is 1.51. The summed E-state index contributed by atoms with van der Waals surface area (Å²) in [5.74, 6) is -0.0682. The highest BCUT2D eigenvalue weighted by Gasteiger charge is 2.35. The van der Waals surface area contributed by atoms with Gasteiger partial charge in [-0.1, -0.05) is 5.16 Å². The summed E-state index contributed by atoms with van der Waals surface area (Å²) in [6, 6.07) is -0.530. The Balaban J connectivity index is 2.90. The first-order valence-electron chi connectivity index (χ1n) is 4.20. The van der Waals surface area contributed by atoms with Gasteiger partial charge in [-0.3, -0.25) is 0 Å². The average molecular weight is 222 g/mol. The molecule has 8 heteroatoms. The van der Waals surface area contributed by atoms with Crippen LogP contribution < -0.4 is 10.5 Å². The van der Waals surface area contributed by atoms with Crippen LogP contribution in [-0.2, 0) is 10.2 Å². The van der Waals surface area contributed by atoms with Crippen LogP contribution in [0.25, 0.3) is 0 Å². The van der Waals surface area contributed by atoms with Crippen LogP contribution in [-0.4, -0.2) is 43.4 Å². The molecule has 1 saturated heterocycles. The smallest absolute Gasteiger partial charge is 0.279 e. The highest BCUT2D eigenvalue weighted by Crippen LogP contribution is 2.19. The molecular formula is C6H14N4O3S. The van der Waals surface area contributed by atoms with Gasteiger partial charge in [0.2, 0.25) is 0 Å². The molecule has 0 amide bonds. The van der Waals surface area contributed by atoms with Crippen molar-refractivity contribution in [3.63, 3.8) is 0 Å². The van der Waals surface area contributed by atoms with Crippen LogP contribution in [0.3, 0.4) is 0 Å². The molecule has 7 nitrogen and oxygen atoms in total. The Hall–Kier alpha value is -0.860. The summed E-state index contributed by atoms with van der Waals surface area (Å²) in [6.07, 6.45) is 1.29. The van der Waals surface area contributed by atoms with Crippen LogP contribution in [0.15, 0.2) is 5.16 Å². The zero-order chi connectivity index (χ0) is 10.8. The van der Waals surface area contributed by atoms with Crippen LogP contribution in [0.1, 0.15) is 12.8 Å². The Bertz CT molecular complexity index is 326. The van der Waals surface area contributed by atoms with E-state index < -0.39 is 16.3 Å². The van der Waals surface area contributed by atoms with Gasteiger partial charge in [-0.05, 0) is 12.8 Å². The number of nitrogens with one attached hydrogen (secondary N) is 1. The predicted molar refractivity (Wildman–Crippen MR) is 51.1 cm³/mol. The molecule has 0 bridgehead atoms. The van der Waals surface area contributed by atoms with Crippen LogP contribution in [0.4, 0.5) is 0 Å². The van der Waals surface area contributed by atoms with Gasteiger partial charge < -0.3 is 10.9 Å². The monoisotopic (exact) mass is 222 g/mol. The number of hydrogen-bond donors (Lipinski definition) is 3. The Morgan fingerprint density at radius 1 is 1.71 bits per heavy atom. The van der Waals surface area contributed by atoms with Gasteiger partial charge in [-0.25, -0.2) is 4.72 Å². The highest BCUT2D eigenvalue weighted by molar-refractivity contribution is 7.87. The van der Waals surface area contributed by atoms with E-state index in [-0.39, 0.29) is 5.84 Å². The molecule has 1 heterocycles. The molecule has 0 aliphatic carbocycles. The lowest BCUT2D eigenvalue weighted by Gasteiger charge is -2.21. The van der Waals surface area contributed by atoms with Crippen molar-refractivity contribution in [3.8, 4) is 0 Å². The van der Waals surface area contributed by atoms with E-state index in [1.807, 2.05) is 0 Å². The molecule has 1 atom stereocenters. The first kappa shape index (κ1) is 11.2. The van der Waals surface area contributed by atoms with E-state index in [4.69, 9.17) is 10.9 Å². The molecule has 4 N–H and O–H groups in total. The minimum atomic E-state index is -3.49. The van der Waals surface area contributed by atoms with E-state index in [1.54, 1.807) is 0 Å². The van der Waals surface area contributed by atoms with Crippen molar-refractivity contribution in [3.05, 3.63) is 0 Å². The van der Waals surface area contributed by atoms with E-state index in [2.05, 4.69) is 9.88 Å². The van der Waals surface area contributed by atoms with Crippen molar-refractivity contribution in [2.45, 2.75) is 18.9 Å². The standard InChI is InChI=1S/C6H14N4O3S/c1-8-14(12,13)10-4-2-3-5(10)6(7)9-11/h5,8,11H,2-4H2,1H3,(H2,7,9). The SMILES string of the molecule is CNS(=O)(=O)N1CCCC1C(N)=NO. The van der Waals surface area contributed by atoms with Crippen LogP contribution in [0.5, 0.6) is 0 Å². The number of rotatable bonds is 3. The van der Waals surface area contributed by atoms with Crippen molar-refractivity contribution in [1.29, 1.82) is 0 Å². The van der Waals surface area contributed by atoms with Crippen molar-refractivity contribution >= 4 is 16.0 Å². The maximum Gasteiger partial charge on any atom is 0.279 e. The molecule has 1 fully saturated rings. The third-order valence-electron chi connectivity index (χ3n) is 2.23. The number of hydrogen-bond acceptors (Lipinski definition) is 4. The van der Waals surface area contributed by atoms with Gasteiger partial charge in [0, 0.05) is 13.6 Å². The zero-order valence-corrected chi connectivity index (χ0v) is 8.66. The average Bonchev–Trinajstić information content (AvgIpc) is 2.65. The van der Waals surface area contributed by atoms with Crippen molar-refractivity contribution < 1.29 is 13.6 Å². The number of amidine groups is 1. The Morgan fingerprint density at radius 2 is 2.36 bits per heavy atom. The van der Waals surface area contributed by atoms with Crippen LogP contribution in [0.2, 0.25) is 0 Å². The molecule has 0 spiro atoms. The molecular weight excluding hydrogens is 208 g/mol. The Morgan fingerprint density at radius 3 is 2.86 bits per heavy atom. The first-order chi connectivity index (χ1) is 6.53. The lowest BCUT2D eigenvalue weighted by molar-refractivity contribution is 0.311. The summed E-state index contributed by atoms with van der Waals surface area (Å²) < 4.78 is 26.3. The quantitative estimate of drug-likeness (QED) is 0.238. The van der Waals surface area contributed by atoms with Gasteiger partial charge in [-0.2, -0.15) is 12.7 Å². The van der Waals surface area contributed by atoms with Gasteiger partial charge in [0.25, 0.3) is 10.2 Å². The van der Waals surface area contributed by atoms with E-state index >= 15 is 0 Å². The second kappa shape index (κ2) is 4.11. The van der Waals surface area contributed by atoms with Gasteiger partial charge >= 0.3 is 0 Å². The summed E-state index contributed by atoms with van der Waals surface area (Å²) in [6.45, 7) is 0.393. The summed E-state index contributed by atoms with van der Waals surface area (Å²) in [4.78, 5) is 0. The van der Waals surface area contributed by atoms with E-state index in [0.29, 0.717) is 19.4 Å². The lowest BCUT2D eigenvalue weighted by Crippen LogP contribution is -2.47. The third kappa shape index (κ3) is 1.97. The minimum Gasteiger partial charge on any atom is -0.409 e. The highest BCUT2D eigenvalue weighted by atomic mass is 32.2. The molecule has 1 aliphatic rings. The molecule has 14 heavy (non-hydrogen) atoms. The van der Waals surface area contributed by atoms with Gasteiger partial charge in [0.1, 0.15) is 0 Å². The summed E-state index contributed by atoms with van der Waals surface area (Å²) in [7, 11) is -2.16. The van der Waals surface area contributed by atoms with Gasteiger partial charge in [0.05, 0.1) is 6.04 Å². The van der Waals surface area contributed by atoms with E-state index in [0.717, 1.165) is 0 Å². The second-order valence-corrected chi connectivity index (χ2v) is 4.83. The fraction of sp³-hybridized carbons (Fsp3) is 0.833. The van der Waals surface area contributed by atoms with Gasteiger partial charge in [-0.15, -0.1) is 0 Å². The normalized spacial score (nSPS) is 25.5. The molecule has 0 radical (unpaired) electrons. The zero-order valence-electron chi connectivity index (χ0n) is 7.84. The van der Waals surface area contributed by atoms with Crippen molar-refractivity contribution in [1.82, 2.24) is 9.03 Å². The summed E-state index contributed by atoms with van der Waals surface area (Å²) in [5, 5.41) is 11.3. The number of nitrogens with zero attached hydrogens (tertiary/aromatic N) is 2. The minimum absolute atomic E-state index is 0.0682. The third-order valence-corrected chi connectivity index (χ3v) is 3.80. The molecule has 1 unspecified atom stereocenters. The molecule has 0 aromatic heterocycles. The number of nitrogens with two attached hydrogens (primary N) is 1. The van der Waals surface area contributed by atoms with Gasteiger partial charge in [0.15, 0.2) is 5.84 Å². The molecule has 1 rings (SSSR count). The fourth-order valence-corrected chi connectivity index (χ4v) is 2.66. The van der Waals surface area contributed by atoms with E-state index in [9.17, 15) is 8.42 Å².